The number of nitrogens with zero attached hydrogens (tertiary/aromatic N) is 3. The van der Waals surface area contributed by atoms with Gasteiger partial charge < -0.3 is 5.32 Å². The van der Waals surface area contributed by atoms with E-state index in [1.807, 2.05) is 61.5 Å². The third-order valence-electron chi connectivity index (χ3n) is 4.42. The topological polar surface area (TPSA) is 39.4 Å². The van der Waals surface area contributed by atoms with Gasteiger partial charge in [0, 0.05) is 5.69 Å². The molecular formula is C23H24Cl2FeN3. The molecule has 0 fully saturated rings. The summed E-state index contributed by atoms with van der Waals surface area (Å²) in [6, 6.07) is 22.3. The molecule has 0 N–H and O–H groups in total. The number of benzene rings is 2. The fraction of sp³-hybridized carbons (Fsp3) is 0.217. The molecule has 0 spiro atoms. The summed E-state index contributed by atoms with van der Waals surface area (Å²) in [7, 11) is 9.53. The van der Waals surface area contributed by atoms with Crippen LogP contribution < -0.4 is 0 Å². The molecule has 0 saturated carbocycles. The van der Waals surface area contributed by atoms with Gasteiger partial charge in [-0.2, -0.15) is 0 Å². The van der Waals surface area contributed by atoms with Crippen LogP contribution in [-0.4, -0.2) is 10.7 Å². The van der Waals surface area contributed by atoms with E-state index in [1.165, 1.54) is 5.56 Å². The molecule has 3 rings (SSSR count). The molecule has 6 heteroatoms. The molecule has 0 radical (unpaired) electrons. The van der Waals surface area contributed by atoms with E-state index in [1.54, 1.807) is 0 Å². The Hall–Kier alpha value is -1.84. The second-order valence-corrected chi connectivity index (χ2v) is 8.40. The van der Waals surface area contributed by atoms with Crippen molar-refractivity contribution in [2.75, 3.05) is 0 Å². The van der Waals surface area contributed by atoms with Crippen LogP contribution in [0.25, 0.3) is 5.32 Å². The first-order valence-electron chi connectivity index (χ1n) is 9.16. The predicted octanol–water partition coefficient (Wildman–Crippen LogP) is 7.98. The number of pyridine rings is 1. The summed E-state index contributed by atoms with van der Waals surface area (Å²) in [6.07, 6.45) is 0. The van der Waals surface area contributed by atoms with Gasteiger partial charge in [-0.25, -0.2) is 0 Å². The van der Waals surface area contributed by atoms with E-state index in [4.69, 9.17) is 35.5 Å². The second-order valence-electron chi connectivity index (χ2n) is 6.57. The summed E-state index contributed by atoms with van der Waals surface area (Å²) >= 11 is 0.194. The van der Waals surface area contributed by atoms with Gasteiger partial charge in [-0.05, 0) is 44.5 Å². The number of aryl methyl sites for hydroxylation is 2. The van der Waals surface area contributed by atoms with Crippen LogP contribution in [0.5, 0.6) is 0 Å². The zero-order valence-electron chi connectivity index (χ0n) is 16.9. The van der Waals surface area contributed by atoms with Crippen LogP contribution in [0.1, 0.15) is 42.4 Å². The fourth-order valence-corrected chi connectivity index (χ4v) is 2.80. The number of hydrogen-bond donors (Lipinski definition) is 0. The van der Waals surface area contributed by atoms with Gasteiger partial charge in [0.05, 0.1) is 17.1 Å². The molecule has 3 aromatic rings. The summed E-state index contributed by atoms with van der Waals surface area (Å²) < 4.78 is 0. The van der Waals surface area contributed by atoms with E-state index in [-0.39, 0.29) is 19.2 Å². The summed E-state index contributed by atoms with van der Waals surface area (Å²) in [5, 5.41) is 4.82. The van der Waals surface area contributed by atoms with Gasteiger partial charge >= 0.3 is 33.3 Å². The van der Waals surface area contributed by atoms with Crippen molar-refractivity contribution in [3.8, 4) is 0 Å². The summed E-state index contributed by atoms with van der Waals surface area (Å²) in [4.78, 5) is 9.55. The van der Waals surface area contributed by atoms with E-state index in [0.29, 0.717) is 0 Å². The Bertz CT molecular complexity index is 960. The van der Waals surface area contributed by atoms with Gasteiger partial charge in [-0.3, -0.25) is 9.98 Å². The molecule has 153 valence electrons. The van der Waals surface area contributed by atoms with Crippen LogP contribution in [0, 0.1) is 13.8 Å². The van der Waals surface area contributed by atoms with Crippen LogP contribution in [0.2, 0.25) is 0 Å². The Labute approximate surface area is 188 Å². The van der Waals surface area contributed by atoms with Gasteiger partial charge in [0.25, 0.3) is 0 Å². The molecular weight excluding hydrogens is 445 g/mol. The molecule has 1 atom stereocenters. The molecule has 3 nitrogen and oxygen atoms in total. The van der Waals surface area contributed by atoms with Gasteiger partial charge in [0.2, 0.25) is 0 Å². The van der Waals surface area contributed by atoms with Gasteiger partial charge in [0.1, 0.15) is 0 Å². The summed E-state index contributed by atoms with van der Waals surface area (Å²) in [6.45, 7) is 8.22. The van der Waals surface area contributed by atoms with Gasteiger partial charge in [0.15, 0.2) is 0 Å². The zero-order valence-corrected chi connectivity index (χ0v) is 19.5. The van der Waals surface area contributed by atoms with Crippen molar-refractivity contribution in [1.82, 2.24) is 4.98 Å². The SMILES string of the molecule is CC(=Nc1ccccc1C)c1cccc(C(C)[N-]c2ccccc2C)n1.[Cl][Fe+][Cl]. The monoisotopic (exact) mass is 468 g/mol. The van der Waals surface area contributed by atoms with E-state index < -0.39 is 0 Å². The molecule has 1 heterocycles. The maximum atomic E-state index is 4.82. The predicted molar refractivity (Wildman–Crippen MR) is 122 cm³/mol. The molecule has 1 aromatic heterocycles. The van der Waals surface area contributed by atoms with Crippen LogP contribution in [-0.2, 0) is 13.1 Å². The van der Waals surface area contributed by atoms with Crippen LogP contribution in [0.15, 0.2) is 71.7 Å². The van der Waals surface area contributed by atoms with E-state index >= 15 is 0 Å². The third-order valence-corrected chi connectivity index (χ3v) is 4.42. The number of hydrogen-bond acceptors (Lipinski definition) is 2. The van der Waals surface area contributed by atoms with E-state index in [0.717, 1.165) is 34.0 Å². The Balaban J connectivity index is 0.000000941. The number of aromatic nitrogens is 1. The molecule has 0 aliphatic heterocycles. The molecule has 0 aliphatic rings. The van der Waals surface area contributed by atoms with Crippen molar-refractivity contribution in [3.05, 3.63) is 94.6 Å². The van der Waals surface area contributed by atoms with Crippen molar-refractivity contribution < 1.29 is 13.1 Å². The van der Waals surface area contributed by atoms with Crippen molar-refractivity contribution in [3.63, 3.8) is 0 Å². The van der Waals surface area contributed by atoms with Gasteiger partial charge in [-0.15, -0.1) is 5.69 Å². The maximum absolute atomic E-state index is 4.82. The molecule has 1 unspecified atom stereocenters. The first kappa shape index (κ1) is 23.4. The first-order valence-corrected chi connectivity index (χ1v) is 12.2. The number of halogens is 2. The average Bonchev–Trinajstić information content (AvgIpc) is 2.72. The number of rotatable bonds is 5. The Morgan fingerprint density at radius 3 is 2.21 bits per heavy atom. The minimum atomic E-state index is -0.0117. The summed E-state index contributed by atoms with van der Waals surface area (Å²) in [5.41, 5.74) is 7.07. The average molecular weight is 469 g/mol. The quantitative estimate of drug-likeness (QED) is 0.276. The second kappa shape index (κ2) is 12.0. The normalized spacial score (nSPS) is 12.0. The number of aliphatic imine (C=N–C) groups is 1. The van der Waals surface area contributed by atoms with E-state index in [9.17, 15) is 0 Å². The Kier molecular flexibility index (Phi) is 9.69. The van der Waals surface area contributed by atoms with Crippen molar-refractivity contribution in [1.29, 1.82) is 0 Å². The zero-order chi connectivity index (χ0) is 21.2. The number of para-hydroxylation sites is 2. The first-order chi connectivity index (χ1) is 14.0. The molecule has 0 aliphatic carbocycles. The standard InChI is InChI=1S/C23H24N3.2ClH.Fe/c1-16-10-5-7-12-20(16)24-18(3)22-14-9-15-23(26-22)19(4)25-21-13-8-6-11-17(21)2;;;/h5-15,18H,1-4H3;2*1H;/q-1;;;+3/p-2. The van der Waals surface area contributed by atoms with Crippen molar-refractivity contribution >= 4 is 37.3 Å². The molecule has 0 amide bonds. The van der Waals surface area contributed by atoms with Crippen molar-refractivity contribution in [2.45, 2.75) is 33.7 Å². The van der Waals surface area contributed by atoms with E-state index in [2.05, 4.69) is 32.9 Å². The Morgan fingerprint density at radius 1 is 0.931 bits per heavy atom. The van der Waals surface area contributed by atoms with Crippen LogP contribution >= 0.6 is 20.2 Å². The third kappa shape index (κ3) is 7.17. The van der Waals surface area contributed by atoms with Crippen LogP contribution in [0.4, 0.5) is 11.4 Å². The minimum absolute atomic E-state index is 0.0117. The fourth-order valence-electron chi connectivity index (χ4n) is 2.80. The summed E-state index contributed by atoms with van der Waals surface area (Å²) in [5.74, 6) is 0. The molecule has 0 bridgehead atoms. The van der Waals surface area contributed by atoms with Crippen LogP contribution in [0.3, 0.4) is 0 Å². The van der Waals surface area contributed by atoms with Crippen molar-refractivity contribution in [2.24, 2.45) is 4.99 Å². The van der Waals surface area contributed by atoms with Gasteiger partial charge in [-0.1, -0.05) is 67.1 Å². The molecule has 0 saturated heterocycles. The molecule has 2 aromatic carbocycles. The Morgan fingerprint density at radius 2 is 1.55 bits per heavy atom. The molecule has 29 heavy (non-hydrogen) atoms.